The van der Waals surface area contributed by atoms with Crippen LogP contribution in [0.1, 0.15) is 5.56 Å². The summed E-state index contributed by atoms with van der Waals surface area (Å²) in [5.41, 5.74) is 1.09. The Morgan fingerprint density at radius 3 is 2.05 bits per heavy atom. The Balaban J connectivity index is 2.29. The quantitative estimate of drug-likeness (QED) is 0.365. The maximum atomic E-state index is 4.12. The van der Waals surface area contributed by atoms with Gasteiger partial charge in [0.25, 0.3) is 0 Å². The molecule has 0 heterocycles. The fourth-order valence-electron chi connectivity index (χ4n) is 2.92. The van der Waals surface area contributed by atoms with Gasteiger partial charge in [0, 0.05) is 0 Å². The summed E-state index contributed by atoms with van der Waals surface area (Å²) >= 11 is 0. The van der Waals surface area contributed by atoms with Crippen LogP contribution in [0.2, 0.25) is 0 Å². The minimum atomic E-state index is 1.09. The lowest BCUT2D eigenvalue weighted by Crippen LogP contribution is -1.82. The van der Waals surface area contributed by atoms with Crippen molar-refractivity contribution in [2.45, 2.75) is 0 Å². The van der Waals surface area contributed by atoms with Crippen LogP contribution in [0.5, 0.6) is 0 Å². The summed E-state index contributed by atoms with van der Waals surface area (Å²) in [7, 11) is 0. The van der Waals surface area contributed by atoms with Crippen molar-refractivity contribution >= 4 is 32.3 Å². The highest BCUT2D eigenvalue weighted by atomic mass is 14.1. The summed E-state index contributed by atoms with van der Waals surface area (Å²) in [5, 5.41) is 7.76. The van der Waals surface area contributed by atoms with Gasteiger partial charge in [0.1, 0.15) is 0 Å². The van der Waals surface area contributed by atoms with Crippen LogP contribution in [0.3, 0.4) is 0 Å². The molecular weight excluding hydrogens is 228 g/mol. The van der Waals surface area contributed by atoms with E-state index in [1.807, 2.05) is 0 Å². The van der Waals surface area contributed by atoms with Crippen LogP contribution in [0, 0.1) is 6.92 Å². The van der Waals surface area contributed by atoms with Gasteiger partial charge in [-0.2, -0.15) is 0 Å². The molecule has 0 fully saturated rings. The van der Waals surface area contributed by atoms with Crippen LogP contribution in [0.25, 0.3) is 32.3 Å². The standard InChI is InChI=1S/C19H13/c1-13-5-4-8-17-15(13)11-12-18-16-7-3-2-6-14(16)9-10-19(17)18/h2-12H,1H2. The van der Waals surface area contributed by atoms with Crippen molar-refractivity contribution in [3.63, 3.8) is 0 Å². The molecule has 0 atom stereocenters. The normalized spacial score (nSPS) is 11.4. The van der Waals surface area contributed by atoms with Crippen LogP contribution in [0.15, 0.2) is 66.7 Å². The molecule has 4 rings (SSSR count). The topological polar surface area (TPSA) is 0 Å². The van der Waals surface area contributed by atoms with Gasteiger partial charge in [-0.25, -0.2) is 0 Å². The Morgan fingerprint density at radius 2 is 1.11 bits per heavy atom. The fourth-order valence-corrected chi connectivity index (χ4v) is 2.92. The Labute approximate surface area is 112 Å². The zero-order valence-corrected chi connectivity index (χ0v) is 10.6. The van der Waals surface area contributed by atoms with E-state index in [0.29, 0.717) is 0 Å². The molecule has 1 radical (unpaired) electrons. The molecule has 0 nitrogen and oxygen atoms in total. The van der Waals surface area contributed by atoms with Crippen molar-refractivity contribution in [2.75, 3.05) is 0 Å². The number of benzene rings is 4. The molecule has 0 aliphatic heterocycles. The van der Waals surface area contributed by atoms with Crippen molar-refractivity contribution in [1.82, 2.24) is 0 Å². The Hall–Kier alpha value is -2.34. The van der Waals surface area contributed by atoms with Gasteiger partial charge in [0.05, 0.1) is 0 Å². The van der Waals surface area contributed by atoms with E-state index in [1.54, 1.807) is 0 Å². The van der Waals surface area contributed by atoms with Gasteiger partial charge >= 0.3 is 0 Å². The molecule has 0 spiro atoms. The fraction of sp³-hybridized carbons (Fsp3) is 0. The molecule has 4 aromatic rings. The van der Waals surface area contributed by atoms with Crippen LogP contribution >= 0.6 is 0 Å². The largest absolute Gasteiger partial charge is 0.0616 e. The van der Waals surface area contributed by atoms with Gasteiger partial charge in [-0.3, -0.25) is 0 Å². The third-order valence-electron chi connectivity index (χ3n) is 3.87. The molecule has 0 unspecified atom stereocenters. The first-order chi connectivity index (χ1) is 9.34. The molecule has 0 aliphatic rings. The predicted octanol–water partition coefficient (Wildman–Crippen LogP) is 5.33. The van der Waals surface area contributed by atoms with E-state index >= 15 is 0 Å². The van der Waals surface area contributed by atoms with Gasteiger partial charge in [-0.05, 0) is 44.8 Å². The zero-order chi connectivity index (χ0) is 12.8. The molecule has 0 amide bonds. The Kier molecular flexibility index (Phi) is 2.13. The monoisotopic (exact) mass is 241 g/mol. The molecular formula is C19H13. The molecule has 0 aromatic heterocycles. The lowest BCUT2D eigenvalue weighted by Gasteiger charge is -2.08. The van der Waals surface area contributed by atoms with Crippen LogP contribution in [-0.2, 0) is 0 Å². The molecule has 0 heteroatoms. The zero-order valence-electron chi connectivity index (χ0n) is 10.6. The van der Waals surface area contributed by atoms with E-state index in [4.69, 9.17) is 0 Å². The Morgan fingerprint density at radius 1 is 0.474 bits per heavy atom. The van der Waals surface area contributed by atoms with Gasteiger partial charge in [0.15, 0.2) is 0 Å². The van der Waals surface area contributed by atoms with Gasteiger partial charge in [-0.15, -0.1) is 0 Å². The first-order valence-electron chi connectivity index (χ1n) is 6.50. The summed E-state index contributed by atoms with van der Waals surface area (Å²) < 4.78 is 0. The summed E-state index contributed by atoms with van der Waals surface area (Å²) in [6.45, 7) is 4.12. The minimum absolute atomic E-state index is 1.09. The van der Waals surface area contributed by atoms with Crippen molar-refractivity contribution in [2.24, 2.45) is 0 Å². The van der Waals surface area contributed by atoms with E-state index in [9.17, 15) is 0 Å². The van der Waals surface area contributed by atoms with Gasteiger partial charge in [0.2, 0.25) is 0 Å². The summed E-state index contributed by atoms with van der Waals surface area (Å²) in [6.07, 6.45) is 0. The maximum Gasteiger partial charge on any atom is -0.00989 e. The van der Waals surface area contributed by atoms with E-state index in [-0.39, 0.29) is 0 Å². The summed E-state index contributed by atoms with van der Waals surface area (Å²) in [6, 6.07) is 23.7. The van der Waals surface area contributed by atoms with Crippen molar-refractivity contribution in [3.05, 3.63) is 79.2 Å². The average Bonchev–Trinajstić information content (AvgIpc) is 2.47. The van der Waals surface area contributed by atoms with Crippen LogP contribution in [-0.4, -0.2) is 0 Å². The minimum Gasteiger partial charge on any atom is -0.0616 e. The highest BCUT2D eigenvalue weighted by Crippen LogP contribution is 2.32. The first kappa shape index (κ1) is 10.6. The maximum absolute atomic E-state index is 4.12. The molecule has 0 N–H and O–H groups in total. The summed E-state index contributed by atoms with van der Waals surface area (Å²) in [5.74, 6) is 0. The third kappa shape index (κ3) is 1.47. The van der Waals surface area contributed by atoms with E-state index in [2.05, 4.69) is 73.7 Å². The first-order valence-corrected chi connectivity index (χ1v) is 6.50. The molecule has 0 aliphatic carbocycles. The lowest BCUT2D eigenvalue weighted by molar-refractivity contribution is 1.70. The number of hydrogen-bond acceptors (Lipinski definition) is 0. The second-order valence-electron chi connectivity index (χ2n) is 4.96. The van der Waals surface area contributed by atoms with Crippen LogP contribution in [0.4, 0.5) is 0 Å². The summed E-state index contributed by atoms with van der Waals surface area (Å²) in [4.78, 5) is 0. The predicted molar refractivity (Wildman–Crippen MR) is 83.4 cm³/mol. The van der Waals surface area contributed by atoms with Crippen molar-refractivity contribution in [1.29, 1.82) is 0 Å². The molecule has 19 heavy (non-hydrogen) atoms. The number of hydrogen-bond donors (Lipinski definition) is 0. The second kappa shape index (κ2) is 3.83. The van der Waals surface area contributed by atoms with E-state index in [0.717, 1.165) is 5.56 Å². The Bertz CT molecular complexity index is 917. The van der Waals surface area contributed by atoms with E-state index in [1.165, 1.54) is 32.3 Å². The number of fused-ring (bicyclic) bond motifs is 5. The molecule has 0 saturated carbocycles. The lowest BCUT2D eigenvalue weighted by atomic mass is 9.95. The molecule has 4 aromatic carbocycles. The smallest absolute Gasteiger partial charge is 0.00989 e. The number of rotatable bonds is 0. The van der Waals surface area contributed by atoms with E-state index < -0.39 is 0 Å². The highest BCUT2D eigenvalue weighted by molar-refractivity contribution is 6.17. The average molecular weight is 241 g/mol. The molecule has 0 saturated heterocycles. The second-order valence-corrected chi connectivity index (χ2v) is 4.96. The molecule has 89 valence electrons. The molecule has 0 bridgehead atoms. The SMILES string of the molecule is [CH2]c1cccc2c1ccc1c3ccccc3ccc21. The third-order valence-corrected chi connectivity index (χ3v) is 3.87. The highest BCUT2D eigenvalue weighted by Gasteiger charge is 2.05. The van der Waals surface area contributed by atoms with Gasteiger partial charge in [-0.1, -0.05) is 66.7 Å². The van der Waals surface area contributed by atoms with Gasteiger partial charge < -0.3 is 0 Å². The van der Waals surface area contributed by atoms with Crippen LogP contribution < -0.4 is 0 Å². The van der Waals surface area contributed by atoms with Crippen molar-refractivity contribution in [3.8, 4) is 0 Å². The van der Waals surface area contributed by atoms with Crippen molar-refractivity contribution < 1.29 is 0 Å².